The van der Waals surface area contributed by atoms with Gasteiger partial charge in [-0.3, -0.25) is 4.79 Å². The van der Waals surface area contributed by atoms with E-state index >= 15 is 0 Å². The lowest BCUT2D eigenvalue weighted by Gasteiger charge is -2.40. The van der Waals surface area contributed by atoms with E-state index in [0.717, 1.165) is 89.9 Å². The van der Waals surface area contributed by atoms with E-state index in [0.29, 0.717) is 6.42 Å². The molecule has 0 aliphatic carbocycles. The molecule has 1 aliphatic heterocycles. The molecule has 0 saturated carbocycles. The summed E-state index contributed by atoms with van der Waals surface area (Å²) >= 11 is 0. The van der Waals surface area contributed by atoms with Gasteiger partial charge in [0.25, 0.3) is 0 Å². The molecule has 1 heterocycles. The molecule has 302 valence electrons. The van der Waals surface area contributed by atoms with Gasteiger partial charge in [-0.25, -0.2) is 0 Å². The van der Waals surface area contributed by atoms with Crippen LogP contribution in [0.1, 0.15) is 129 Å². The third kappa shape index (κ3) is 25.1. The molecule has 1 saturated heterocycles. The second-order valence-corrected chi connectivity index (χ2v) is 13.7. The predicted molar refractivity (Wildman–Crippen MR) is 216 cm³/mol. The third-order valence-corrected chi connectivity index (χ3v) is 8.95. The minimum Gasteiger partial charge on any atom is -0.394 e. The van der Waals surface area contributed by atoms with Crippen LogP contribution in [0, 0.1) is 0 Å². The highest BCUT2D eigenvalue weighted by Crippen LogP contribution is 2.22. The first-order valence-electron chi connectivity index (χ1n) is 20.3. The van der Waals surface area contributed by atoms with Crippen molar-refractivity contribution in [3.8, 4) is 0 Å². The fourth-order valence-corrected chi connectivity index (χ4v) is 5.66. The van der Waals surface area contributed by atoms with Gasteiger partial charge in [-0.2, -0.15) is 0 Å². The number of hydrogen-bond donors (Lipinski definition) is 6. The number of aliphatic hydroxyl groups is 5. The predicted octanol–water partition coefficient (Wildman–Crippen LogP) is 7.60. The number of ether oxygens (including phenoxy) is 2. The SMILES string of the molecule is CC/C=C\C/C=C\C/C=C\C/C=C\C/C=C\CCCCCCCC(=O)NC(COC1OC(CO)C(O)C(O)C1O)C(O)/C=C/CC/C=C/CCCCC. The lowest BCUT2D eigenvalue weighted by molar-refractivity contribution is -0.302. The number of carbonyl (C=O) groups excluding carboxylic acids is 1. The summed E-state index contributed by atoms with van der Waals surface area (Å²) in [6.07, 6.45) is 39.2. The Hall–Kier alpha value is -2.63. The summed E-state index contributed by atoms with van der Waals surface area (Å²) in [5.74, 6) is -0.214. The van der Waals surface area contributed by atoms with Crippen molar-refractivity contribution in [2.45, 2.75) is 172 Å². The molecule has 0 radical (unpaired) electrons. The molecule has 6 N–H and O–H groups in total. The molecule has 0 aromatic heterocycles. The van der Waals surface area contributed by atoms with E-state index in [1.807, 2.05) is 6.08 Å². The maximum Gasteiger partial charge on any atom is 0.220 e. The summed E-state index contributed by atoms with van der Waals surface area (Å²) in [4.78, 5) is 12.9. The third-order valence-electron chi connectivity index (χ3n) is 8.95. The molecule has 1 aliphatic rings. The van der Waals surface area contributed by atoms with E-state index in [4.69, 9.17) is 9.47 Å². The van der Waals surface area contributed by atoms with Gasteiger partial charge < -0.3 is 40.3 Å². The fourth-order valence-electron chi connectivity index (χ4n) is 5.66. The molecule has 1 amide bonds. The van der Waals surface area contributed by atoms with Gasteiger partial charge in [-0.15, -0.1) is 0 Å². The van der Waals surface area contributed by atoms with Crippen LogP contribution >= 0.6 is 0 Å². The number of aliphatic hydroxyl groups excluding tert-OH is 5. The van der Waals surface area contributed by atoms with Crippen LogP contribution in [-0.4, -0.2) is 87.5 Å². The second kappa shape index (κ2) is 33.9. The maximum absolute atomic E-state index is 12.9. The van der Waals surface area contributed by atoms with Crippen LogP contribution in [0.3, 0.4) is 0 Å². The first-order valence-corrected chi connectivity index (χ1v) is 20.3. The average molecular weight is 744 g/mol. The minimum atomic E-state index is -1.58. The molecule has 7 atom stereocenters. The molecule has 0 aromatic carbocycles. The molecular weight excluding hydrogens is 670 g/mol. The van der Waals surface area contributed by atoms with Crippen LogP contribution in [-0.2, 0) is 14.3 Å². The molecular formula is C44H73NO8. The Morgan fingerprint density at radius 2 is 1.19 bits per heavy atom. The number of hydrogen-bond acceptors (Lipinski definition) is 8. The highest BCUT2D eigenvalue weighted by molar-refractivity contribution is 5.76. The Morgan fingerprint density at radius 1 is 0.660 bits per heavy atom. The summed E-state index contributed by atoms with van der Waals surface area (Å²) < 4.78 is 11.1. The lowest BCUT2D eigenvalue weighted by Crippen LogP contribution is -2.60. The normalized spacial score (nSPS) is 22.6. The number of allylic oxidation sites excluding steroid dienone is 13. The molecule has 0 aromatic rings. The zero-order chi connectivity index (χ0) is 38.8. The van der Waals surface area contributed by atoms with E-state index < -0.39 is 49.5 Å². The second-order valence-electron chi connectivity index (χ2n) is 13.7. The van der Waals surface area contributed by atoms with E-state index in [9.17, 15) is 30.3 Å². The van der Waals surface area contributed by atoms with Crippen molar-refractivity contribution in [2.24, 2.45) is 0 Å². The molecule has 9 heteroatoms. The van der Waals surface area contributed by atoms with Gasteiger partial charge in [0.05, 0.1) is 25.4 Å². The highest BCUT2D eigenvalue weighted by Gasteiger charge is 2.44. The quantitative estimate of drug-likeness (QED) is 0.0314. The number of nitrogens with one attached hydrogen (secondary N) is 1. The number of amides is 1. The Bertz CT molecular complexity index is 1090. The van der Waals surface area contributed by atoms with Crippen LogP contribution in [0.4, 0.5) is 0 Å². The summed E-state index contributed by atoms with van der Waals surface area (Å²) in [7, 11) is 0. The smallest absolute Gasteiger partial charge is 0.220 e. The molecule has 0 spiro atoms. The summed E-state index contributed by atoms with van der Waals surface area (Å²) in [5.41, 5.74) is 0. The lowest BCUT2D eigenvalue weighted by atomic mass is 9.99. The highest BCUT2D eigenvalue weighted by atomic mass is 16.7. The van der Waals surface area contributed by atoms with Crippen molar-refractivity contribution in [1.82, 2.24) is 5.32 Å². The fraction of sp³-hybridized carbons (Fsp3) is 0.659. The zero-order valence-electron chi connectivity index (χ0n) is 32.7. The first-order chi connectivity index (χ1) is 25.8. The van der Waals surface area contributed by atoms with Gasteiger partial charge in [0.1, 0.15) is 24.4 Å². The van der Waals surface area contributed by atoms with Crippen LogP contribution < -0.4 is 5.32 Å². The average Bonchev–Trinajstić information content (AvgIpc) is 3.16. The number of carbonyl (C=O) groups is 1. The Morgan fingerprint density at radius 3 is 1.81 bits per heavy atom. The van der Waals surface area contributed by atoms with Crippen molar-refractivity contribution < 1.29 is 39.8 Å². The van der Waals surface area contributed by atoms with Crippen molar-refractivity contribution in [2.75, 3.05) is 13.2 Å². The number of unbranched alkanes of at least 4 members (excludes halogenated alkanes) is 9. The van der Waals surface area contributed by atoms with Gasteiger partial charge in [-0.05, 0) is 77.0 Å². The Kier molecular flexibility index (Phi) is 31.0. The molecule has 7 unspecified atom stereocenters. The first kappa shape index (κ1) is 48.4. The van der Waals surface area contributed by atoms with Crippen LogP contribution in [0.2, 0.25) is 0 Å². The van der Waals surface area contributed by atoms with Gasteiger partial charge in [0.2, 0.25) is 5.91 Å². The molecule has 9 nitrogen and oxygen atoms in total. The van der Waals surface area contributed by atoms with E-state index in [1.165, 1.54) is 19.3 Å². The van der Waals surface area contributed by atoms with Crippen molar-refractivity contribution in [3.05, 3.63) is 85.1 Å². The van der Waals surface area contributed by atoms with Crippen LogP contribution in [0.25, 0.3) is 0 Å². The van der Waals surface area contributed by atoms with Crippen LogP contribution in [0.5, 0.6) is 0 Å². The van der Waals surface area contributed by atoms with Gasteiger partial charge in [0, 0.05) is 6.42 Å². The molecule has 1 fully saturated rings. The van der Waals surface area contributed by atoms with Crippen LogP contribution in [0.15, 0.2) is 85.1 Å². The summed E-state index contributed by atoms with van der Waals surface area (Å²) in [6, 6.07) is -0.834. The largest absolute Gasteiger partial charge is 0.394 e. The van der Waals surface area contributed by atoms with Gasteiger partial charge in [0.15, 0.2) is 6.29 Å². The van der Waals surface area contributed by atoms with Crippen molar-refractivity contribution in [3.63, 3.8) is 0 Å². The zero-order valence-corrected chi connectivity index (χ0v) is 32.7. The Balaban J connectivity index is 2.39. The molecule has 1 rings (SSSR count). The minimum absolute atomic E-state index is 0.214. The van der Waals surface area contributed by atoms with Gasteiger partial charge in [-0.1, -0.05) is 131 Å². The number of rotatable bonds is 31. The summed E-state index contributed by atoms with van der Waals surface area (Å²) in [6.45, 7) is 3.54. The van der Waals surface area contributed by atoms with E-state index in [-0.39, 0.29) is 12.5 Å². The van der Waals surface area contributed by atoms with E-state index in [2.05, 4.69) is 92.1 Å². The van der Waals surface area contributed by atoms with E-state index in [1.54, 1.807) is 6.08 Å². The molecule has 53 heavy (non-hydrogen) atoms. The maximum atomic E-state index is 12.9. The van der Waals surface area contributed by atoms with Crippen molar-refractivity contribution in [1.29, 1.82) is 0 Å². The topological polar surface area (TPSA) is 149 Å². The standard InChI is InChI=1S/C44H73NO8/c1-3-5-7-9-11-13-14-15-16-17-18-19-20-21-22-23-24-26-28-30-32-34-40(48)45-37(38(47)33-31-29-27-25-12-10-8-6-4-2)36-52-44-43(51)42(50)41(49)39(35-46)53-44/h5,7,11-13,15-16,18-19,21-22,25,31,33,37-39,41-44,46-47,49-51H,3-4,6,8-10,14,17,20,23-24,26-30,32,34-36H2,1-2H3,(H,45,48)/b7-5-,13-11-,16-15-,19-18-,22-21-,25-12+,33-31+. The Labute approximate surface area is 321 Å². The molecule has 0 bridgehead atoms. The van der Waals surface area contributed by atoms with Crippen molar-refractivity contribution >= 4 is 5.91 Å². The summed E-state index contributed by atoms with van der Waals surface area (Å²) in [5, 5.41) is 53.8. The van der Waals surface area contributed by atoms with Gasteiger partial charge >= 0.3 is 0 Å². The monoisotopic (exact) mass is 744 g/mol.